The van der Waals surface area contributed by atoms with E-state index >= 15 is 0 Å². The summed E-state index contributed by atoms with van der Waals surface area (Å²) in [6.07, 6.45) is 0. The van der Waals surface area contributed by atoms with Crippen LogP contribution in [0, 0.1) is 20.8 Å². The molecule has 142 valence electrons. The Hall–Kier alpha value is -3.20. The summed E-state index contributed by atoms with van der Waals surface area (Å²) in [5, 5.41) is 5.00. The van der Waals surface area contributed by atoms with Gasteiger partial charge in [-0.1, -0.05) is 42.5 Å². The zero-order chi connectivity index (χ0) is 19.7. The maximum absolute atomic E-state index is 5.71. The number of benzene rings is 3. The van der Waals surface area contributed by atoms with Gasteiger partial charge in [-0.25, -0.2) is 0 Å². The molecule has 4 aromatic rings. The monoisotopic (exact) mass is 370 g/mol. The molecule has 0 amide bonds. The van der Waals surface area contributed by atoms with E-state index in [-0.39, 0.29) is 6.04 Å². The number of aryl methyl sites for hydroxylation is 3. The Morgan fingerprint density at radius 1 is 0.857 bits per heavy atom. The van der Waals surface area contributed by atoms with Crippen LogP contribution in [0.4, 0.5) is 5.69 Å². The van der Waals surface area contributed by atoms with E-state index in [1.165, 1.54) is 22.1 Å². The molecule has 28 heavy (non-hydrogen) atoms. The normalized spacial score (nSPS) is 12.1. The van der Waals surface area contributed by atoms with Gasteiger partial charge in [0, 0.05) is 33.4 Å². The average molecular weight is 370 g/mol. The van der Waals surface area contributed by atoms with Gasteiger partial charge >= 0.3 is 0 Å². The molecule has 3 nitrogen and oxygen atoms in total. The number of ether oxygens (including phenoxy) is 1. The minimum atomic E-state index is -0.0330. The van der Waals surface area contributed by atoms with Crippen molar-refractivity contribution >= 4 is 16.6 Å². The van der Waals surface area contributed by atoms with Gasteiger partial charge in [0.1, 0.15) is 5.75 Å². The van der Waals surface area contributed by atoms with Crippen molar-refractivity contribution in [2.45, 2.75) is 26.8 Å². The van der Waals surface area contributed by atoms with Crippen LogP contribution in [0.15, 0.2) is 66.7 Å². The van der Waals surface area contributed by atoms with Crippen LogP contribution in [-0.4, -0.2) is 12.1 Å². The van der Waals surface area contributed by atoms with Gasteiger partial charge in [-0.3, -0.25) is 0 Å². The summed E-state index contributed by atoms with van der Waals surface area (Å²) in [6.45, 7) is 6.43. The third-order valence-electron chi connectivity index (χ3n) is 5.50. The Morgan fingerprint density at radius 2 is 1.61 bits per heavy atom. The molecule has 2 N–H and O–H groups in total. The van der Waals surface area contributed by atoms with E-state index in [2.05, 4.69) is 85.7 Å². The molecule has 0 saturated carbocycles. The lowest BCUT2D eigenvalue weighted by Crippen LogP contribution is -2.14. The van der Waals surface area contributed by atoms with Crippen molar-refractivity contribution in [3.05, 3.63) is 94.7 Å². The fourth-order valence-corrected chi connectivity index (χ4v) is 3.88. The predicted molar refractivity (Wildman–Crippen MR) is 117 cm³/mol. The molecule has 0 saturated heterocycles. The first-order chi connectivity index (χ1) is 13.6. The second kappa shape index (κ2) is 7.43. The molecular weight excluding hydrogens is 344 g/mol. The molecule has 0 aliphatic carbocycles. The van der Waals surface area contributed by atoms with Crippen molar-refractivity contribution in [1.29, 1.82) is 0 Å². The fourth-order valence-electron chi connectivity index (χ4n) is 3.88. The van der Waals surface area contributed by atoms with Gasteiger partial charge < -0.3 is 15.0 Å². The lowest BCUT2D eigenvalue weighted by molar-refractivity contribution is 0.408. The van der Waals surface area contributed by atoms with Crippen molar-refractivity contribution in [3.63, 3.8) is 0 Å². The van der Waals surface area contributed by atoms with Gasteiger partial charge in [-0.05, 0) is 56.2 Å². The summed E-state index contributed by atoms with van der Waals surface area (Å²) in [7, 11) is 1.73. The number of hydrogen-bond donors (Lipinski definition) is 2. The van der Waals surface area contributed by atoms with Crippen molar-refractivity contribution < 1.29 is 4.74 Å². The summed E-state index contributed by atoms with van der Waals surface area (Å²) in [4.78, 5) is 3.54. The minimum absolute atomic E-state index is 0.0330. The standard InChI is InChI=1S/C25H26N2O/c1-16-13-14-19(15-17(16)2)27-25(21-10-6-8-12-23(21)28-4)24-18(3)26-22-11-7-5-9-20(22)24/h5-15,25-27H,1-4H3/t25-/m0/s1. The van der Waals surface area contributed by atoms with E-state index in [1.807, 2.05) is 12.1 Å². The quantitative estimate of drug-likeness (QED) is 0.432. The SMILES string of the molecule is COc1ccccc1[C@H](Nc1ccc(C)c(C)c1)c1c(C)[nH]c2ccccc12. The molecule has 0 radical (unpaired) electrons. The third-order valence-corrected chi connectivity index (χ3v) is 5.50. The molecular formula is C25H26N2O. The average Bonchev–Trinajstić information content (AvgIpc) is 3.04. The number of H-pyrrole nitrogens is 1. The molecule has 1 aromatic heterocycles. The molecule has 0 aliphatic heterocycles. The van der Waals surface area contributed by atoms with E-state index in [4.69, 9.17) is 4.74 Å². The van der Waals surface area contributed by atoms with Gasteiger partial charge in [-0.2, -0.15) is 0 Å². The molecule has 0 unspecified atom stereocenters. The number of para-hydroxylation sites is 2. The largest absolute Gasteiger partial charge is 0.496 e. The van der Waals surface area contributed by atoms with E-state index in [1.54, 1.807) is 7.11 Å². The van der Waals surface area contributed by atoms with Crippen LogP contribution < -0.4 is 10.1 Å². The number of methoxy groups -OCH3 is 1. The maximum atomic E-state index is 5.71. The number of anilines is 1. The number of aromatic amines is 1. The number of nitrogens with one attached hydrogen (secondary N) is 2. The first-order valence-corrected chi connectivity index (χ1v) is 9.62. The van der Waals surface area contributed by atoms with E-state index in [0.717, 1.165) is 28.2 Å². The van der Waals surface area contributed by atoms with Crippen molar-refractivity contribution in [1.82, 2.24) is 4.98 Å². The van der Waals surface area contributed by atoms with Gasteiger partial charge in [0.05, 0.1) is 13.2 Å². The maximum Gasteiger partial charge on any atom is 0.124 e. The third kappa shape index (κ3) is 3.24. The summed E-state index contributed by atoms with van der Waals surface area (Å²) in [6, 6.07) is 23.2. The van der Waals surface area contributed by atoms with Gasteiger partial charge in [0.2, 0.25) is 0 Å². The molecule has 0 bridgehead atoms. The van der Waals surface area contributed by atoms with Crippen LogP contribution in [-0.2, 0) is 0 Å². The molecule has 0 fully saturated rings. The van der Waals surface area contributed by atoms with Crippen LogP contribution in [0.3, 0.4) is 0 Å². The van der Waals surface area contributed by atoms with Crippen LogP contribution in [0.5, 0.6) is 5.75 Å². The highest BCUT2D eigenvalue weighted by Gasteiger charge is 2.23. The van der Waals surface area contributed by atoms with E-state index in [0.29, 0.717) is 0 Å². The topological polar surface area (TPSA) is 37.0 Å². The predicted octanol–water partition coefficient (Wildman–Crippen LogP) is 6.30. The molecule has 4 rings (SSSR count). The van der Waals surface area contributed by atoms with E-state index in [9.17, 15) is 0 Å². The molecule has 3 heteroatoms. The van der Waals surface area contributed by atoms with Gasteiger partial charge in [0.15, 0.2) is 0 Å². The molecule has 0 spiro atoms. The van der Waals surface area contributed by atoms with Crippen molar-refractivity contribution in [3.8, 4) is 5.75 Å². The van der Waals surface area contributed by atoms with E-state index < -0.39 is 0 Å². The number of aromatic nitrogens is 1. The van der Waals surface area contributed by atoms with Crippen molar-refractivity contribution in [2.75, 3.05) is 12.4 Å². The molecule has 1 heterocycles. The molecule has 3 aromatic carbocycles. The van der Waals surface area contributed by atoms with Crippen molar-refractivity contribution in [2.24, 2.45) is 0 Å². The van der Waals surface area contributed by atoms with Crippen LogP contribution in [0.1, 0.15) is 34.0 Å². The summed E-state index contributed by atoms with van der Waals surface area (Å²) >= 11 is 0. The van der Waals surface area contributed by atoms with Crippen LogP contribution in [0.2, 0.25) is 0 Å². The highest BCUT2D eigenvalue weighted by molar-refractivity contribution is 5.86. The summed E-state index contributed by atoms with van der Waals surface area (Å²) in [5.74, 6) is 0.883. The lowest BCUT2D eigenvalue weighted by Gasteiger charge is -2.24. The molecule has 0 aliphatic rings. The lowest BCUT2D eigenvalue weighted by atomic mass is 9.94. The number of rotatable bonds is 5. The Kier molecular flexibility index (Phi) is 4.82. The summed E-state index contributed by atoms with van der Waals surface area (Å²) < 4.78 is 5.71. The summed E-state index contributed by atoms with van der Waals surface area (Å²) in [5.41, 5.74) is 8.35. The van der Waals surface area contributed by atoms with Crippen LogP contribution in [0.25, 0.3) is 10.9 Å². The minimum Gasteiger partial charge on any atom is -0.496 e. The first-order valence-electron chi connectivity index (χ1n) is 9.62. The Balaban J connectivity index is 1.90. The second-order valence-corrected chi connectivity index (χ2v) is 7.33. The zero-order valence-electron chi connectivity index (χ0n) is 16.8. The zero-order valence-corrected chi connectivity index (χ0v) is 16.8. The highest BCUT2D eigenvalue weighted by atomic mass is 16.5. The van der Waals surface area contributed by atoms with Gasteiger partial charge in [0.25, 0.3) is 0 Å². The first kappa shape index (κ1) is 18.2. The highest BCUT2D eigenvalue weighted by Crippen LogP contribution is 2.38. The second-order valence-electron chi connectivity index (χ2n) is 7.33. The Labute approximate surface area is 166 Å². The van der Waals surface area contributed by atoms with Gasteiger partial charge in [-0.15, -0.1) is 0 Å². The Bertz CT molecular complexity index is 1130. The van der Waals surface area contributed by atoms with Crippen LogP contribution >= 0.6 is 0 Å². The Morgan fingerprint density at radius 3 is 2.39 bits per heavy atom. The molecule has 1 atom stereocenters. The number of fused-ring (bicyclic) bond motifs is 1. The fraction of sp³-hybridized carbons (Fsp3) is 0.200. The smallest absolute Gasteiger partial charge is 0.124 e. The number of hydrogen-bond acceptors (Lipinski definition) is 2.